The van der Waals surface area contributed by atoms with Crippen molar-refractivity contribution in [2.75, 3.05) is 24.5 Å². The smallest absolute Gasteiger partial charge is 0.271 e. The van der Waals surface area contributed by atoms with E-state index in [0.29, 0.717) is 5.82 Å². The molecule has 0 spiro atoms. The van der Waals surface area contributed by atoms with Crippen LogP contribution in [0, 0.1) is 13.8 Å². The standard InChI is InChI=1S/C20H24N8O2/c1-14-13-15(2)28(24-14)18-7-8-19(29)27(25-18)12-9-21-20(30)16-5-6-17(23-22-16)26-10-3-4-11-26/h5-8,13H,3-4,9-12H2,1-2H3,(H,21,30). The fourth-order valence-corrected chi connectivity index (χ4v) is 3.50. The molecule has 0 bridgehead atoms. The maximum absolute atomic E-state index is 12.3. The maximum Gasteiger partial charge on any atom is 0.271 e. The van der Waals surface area contributed by atoms with Gasteiger partial charge in [-0.05, 0) is 51.0 Å². The number of rotatable bonds is 6. The Labute approximate surface area is 173 Å². The van der Waals surface area contributed by atoms with Crippen molar-refractivity contribution in [3.05, 3.63) is 57.8 Å². The number of hydrogen-bond acceptors (Lipinski definition) is 7. The Balaban J connectivity index is 1.38. The molecule has 1 N–H and O–H groups in total. The average molecular weight is 408 g/mol. The van der Waals surface area contributed by atoms with Gasteiger partial charge < -0.3 is 10.2 Å². The first-order valence-electron chi connectivity index (χ1n) is 10.00. The van der Waals surface area contributed by atoms with Crippen LogP contribution in [-0.2, 0) is 6.54 Å². The highest BCUT2D eigenvalue weighted by Gasteiger charge is 2.15. The first kappa shape index (κ1) is 19.7. The molecule has 0 radical (unpaired) electrons. The molecule has 10 heteroatoms. The van der Waals surface area contributed by atoms with Crippen LogP contribution in [0.25, 0.3) is 5.82 Å². The molecule has 0 aromatic carbocycles. The lowest BCUT2D eigenvalue weighted by molar-refractivity contribution is 0.0945. The van der Waals surface area contributed by atoms with Gasteiger partial charge in [-0.3, -0.25) is 9.59 Å². The average Bonchev–Trinajstić information content (AvgIpc) is 3.39. The summed E-state index contributed by atoms with van der Waals surface area (Å²) in [7, 11) is 0. The molecular weight excluding hydrogens is 384 g/mol. The lowest BCUT2D eigenvalue weighted by atomic mass is 10.3. The van der Waals surface area contributed by atoms with Crippen molar-refractivity contribution in [3.63, 3.8) is 0 Å². The minimum absolute atomic E-state index is 0.233. The van der Waals surface area contributed by atoms with E-state index in [-0.39, 0.29) is 30.2 Å². The summed E-state index contributed by atoms with van der Waals surface area (Å²) in [5.74, 6) is 1.01. The Hall–Kier alpha value is -3.56. The van der Waals surface area contributed by atoms with E-state index in [0.717, 1.165) is 43.1 Å². The summed E-state index contributed by atoms with van der Waals surface area (Å²) in [6.45, 7) is 6.24. The van der Waals surface area contributed by atoms with E-state index >= 15 is 0 Å². The van der Waals surface area contributed by atoms with Gasteiger partial charge in [0.1, 0.15) is 0 Å². The van der Waals surface area contributed by atoms with Gasteiger partial charge in [-0.1, -0.05) is 0 Å². The second kappa shape index (κ2) is 8.44. The highest BCUT2D eigenvalue weighted by atomic mass is 16.2. The Morgan fingerprint density at radius 1 is 1.03 bits per heavy atom. The number of carbonyl (C=O) groups is 1. The minimum atomic E-state index is -0.335. The number of nitrogens with zero attached hydrogens (tertiary/aromatic N) is 7. The molecule has 0 atom stereocenters. The van der Waals surface area contributed by atoms with Crippen LogP contribution < -0.4 is 15.8 Å². The number of nitrogens with one attached hydrogen (secondary N) is 1. The van der Waals surface area contributed by atoms with E-state index in [1.54, 1.807) is 16.8 Å². The van der Waals surface area contributed by atoms with Gasteiger partial charge in [0.15, 0.2) is 17.3 Å². The second-order valence-corrected chi connectivity index (χ2v) is 7.32. The molecule has 3 aromatic rings. The minimum Gasteiger partial charge on any atom is -0.355 e. The Bertz CT molecular complexity index is 1100. The molecule has 0 unspecified atom stereocenters. The van der Waals surface area contributed by atoms with Crippen LogP contribution >= 0.6 is 0 Å². The van der Waals surface area contributed by atoms with E-state index in [4.69, 9.17) is 0 Å². The zero-order valence-corrected chi connectivity index (χ0v) is 17.1. The molecule has 1 fully saturated rings. The van der Waals surface area contributed by atoms with Crippen LogP contribution in [-0.4, -0.2) is 55.3 Å². The zero-order valence-electron chi connectivity index (χ0n) is 17.1. The Morgan fingerprint density at radius 3 is 2.47 bits per heavy atom. The summed E-state index contributed by atoms with van der Waals surface area (Å²) in [6, 6.07) is 8.51. The van der Waals surface area contributed by atoms with Crippen molar-refractivity contribution < 1.29 is 4.79 Å². The predicted octanol–water partition coefficient (Wildman–Crippen LogP) is 0.866. The first-order valence-corrected chi connectivity index (χ1v) is 10.00. The number of anilines is 1. The molecule has 3 aromatic heterocycles. The molecule has 30 heavy (non-hydrogen) atoms. The molecule has 10 nitrogen and oxygen atoms in total. The summed E-state index contributed by atoms with van der Waals surface area (Å²) in [4.78, 5) is 26.6. The molecule has 4 rings (SSSR count). The van der Waals surface area contributed by atoms with Crippen molar-refractivity contribution in [3.8, 4) is 5.82 Å². The first-order chi connectivity index (χ1) is 14.5. The maximum atomic E-state index is 12.3. The molecule has 1 aliphatic heterocycles. The van der Waals surface area contributed by atoms with Crippen LogP contribution in [0.1, 0.15) is 34.7 Å². The molecule has 1 saturated heterocycles. The molecule has 156 valence electrons. The molecule has 1 amide bonds. The molecule has 1 aliphatic rings. The summed E-state index contributed by atoms with van der Waals surface area (Å²) >= 11 is 0. The number of amides is 1. The molecule has 4 heterocycles. The third-order valence-electron chi connectivity index (χ3n) is 5.00. The predicted molar refractivity (Wildman–Crippen MR) is 111 cm³/mol. The van der Waals surface area contributed by atoms with E-state index in [9.17, 15) is 9.59 Å². The van der Waals surface area contributed by atoms with Crippen LogP contribution in [0.15, 0.2) is 35.1 Å². The Morgan fingerprint density at radius 2 is 1.80 bits per heavy atom. The summed E-state index contributed by atoms with van der Waals surface area (Å²) < 4.78 is 3.00. The summed E-state index contributed by atoms with van der Waals surface area (Å²) in [5.41, 5.74) is 1.80. The van der Waals surface area contributed by atoms with Gasteiger partial charge in [0.2, 0.25) is 0 Å². The topological polar surface area (TPSA) is 111 Å². The van der Waals surface area contributed by atoms with Crippen LogP contribution in [0.3, 0.4) is 0 Å². The fourth-order valence-electron chi connectivity index (χ4n) is 3.50. The van der Waals surface area contributed by atoms with E-state index in [1.165, 1.54) is 10.7 Å². The zero-order chi connectivity index (χ0) is 21.1. The summed E-state index contributed by atoms with van der Waals surface area (Å²) in [5, 5.41) is 19.7. The van der Waals surface area contributed by atoms with E-state index < -0.39 is 0 Å². The van der Waals surface area contributed by atoms with Gasteiger partial charge in [0.25, 0.3) is 11.5 Å². The van der Waals surface area contributed by atoms with Crippen molar-refractivity contribution in [2.24, 2.45) is 0 Å². The highest BCUT2D eigenvalue weighted by molar-refractivity contribution is 5.92. The number of carbonyl (C=O) groups excluding carboxylic acids is 1. The van der Waals surface area contributed by atoms with Gasteiger partial charge >= 0.3 is 0 Å². The third kappa shape index (κ3) is 4.22. The third-order valence-corrected chi connectivity index (χ3v) is 5.00. The van der Waals surface area contributed by atoms with Crippen LogP contribution in [0.2, 0.25) is 0 Å². The lowest BCUT2D eigenvalue weighted by Gasteiger charge is -2.15. The quantitative estimate of drug-likeness (QED) is 0.644. The molecule has 0 aliphatic carbocycles. The monoisotopic (exact) mass is 408 g/mol. The van der Waals surface area contributed by atoms with Crippen molar-refractivity contribution in [1.82, 2.24) is 35.1 Å². The number of hydrogen-bond donors (Lipinski definition) is 1. The molecular formula is C20H24N8O2. The second-order valence-electron chi connectivity index (χ2n) is 7.32. The van der Waals surface area contributed by atoms with Gasteiger partial charge in [0.05, 0.1) is 12.2 Å². The SMILES string of the molecule is Cc1cc(C)n(-c2ccc(=O)n(CCNC(=O)c3ccc(N4CCCC4)nn3)n2)n1. The van der Waals surface area contributed by atoms with Crippen molar-refractivity contribution >= 4 is 11.7 Å². The normalized spacial score (nSPS) is 13.6. The van der Waals surface area contributed by atoms with Crippen molar-refractivity contribution in [2.45, 2.75) is 33.2 Å². The van der Waals surface area contributed by atoms with Gasteiger partial charge in [0, 0.05) is 31.4 Å². The van der Waals surface area contributed by atoms with Crippen molar-refractivity contribution in [1.29, 1.82) is 0 Å². The molecule has 0 saturated carbocycles. The van der Waals surface area contributed by atoms with Crippen LogP contribution in [0.4, 0.5) is 5.82 Å². The Kier molecular flexibility index (Phi) is 5.55. The number of aryl methyl sites for hydroxylation is 2. The highest BCUT2D eigenvalue weighted by Crippen LogP contribution is 2.16. The van der Waals surface area contributed by atoms with Crippen LogP contribution in [0.5, 0.6) is 0 Å². The fraction of sp³-hybridized carbons (Fsp3) is 0.400. The van der Waals surface area contributed by atoms with E-state index in [1.807, 2.05) is 26.0 Å². The van der Waals surface area contributed by atoms with Gasteiger partial charge in [-0.2, -0.15) is 5.10 Å². The van der Waals surface area contributed by atoms with Gasteiger partial charge in [-0.25, -0.2) is 9.36 Å². The van der Waals surface area contributed by atoms with E-state index in [2.05, 4.69) is 30.6 Å². The largest absolute Gasteiger partial charge is 0.355 e. The van der Waals surface area contributed by atoms with Gasteiger partial charge in [-0.15, -0.1) is 15.3 Å². The number of aromatic nitrogens is 6. The lowest BCUT2D eigenvalue weighted by Crippen LogP contribution is -2.33. The summed E-state index contributed by atoms with van der Waals surface area (Å²) in [6.07, 6.45) is 2.30.